The van der Waals surface area contributed by atoms with Crippen LogP contribution in [-0.2, 0) is 6.42 Å². The molecule has 2 rings (SSSR count). The third-order valence-corrected chi connectivity index (χ3v) is 2.91. The van der Waals surface area contributed by atoms with Gasteiger partial charge in [0.2, 0.25) is 5.89 Å². The molecule has 7 heteroatoms. The molecule has 0 aromatic carbocycles. The summed E-state index contributed by atoms with van der Waals surface area (Å²) in [7, 11) is 1.80. The molecule has 19 heavy (non-hydrogen) atoms. The molecule has 0 saturated heterocycles. The fourth-order valence-electron chi connectivity index (χ4n) is 1.67. The van der Waals surface area contributed by atoms with Crippen LogP contribution in [0.1, 0.15) is 31.0 Å². The zero-order chi connectivity index (χ0) is 12.8. The van der Waals surface area contributed by atoms with Crippen molar-refractivity contribution < 1.29 is 4.52 Å². The lowest BCUT2D eigenvalue weighted by Gasteiger charge is -2.10. The van der Waals surface area contributed by atoms with Gasteiger partial charge in [0, 0.05) is 26.6 Å². The molecule has 6 nitrogen and oxygen atoms in total. The number of hydrogen-bond acceptors (Lipinski definition) is 4. The average Bonchev–Trinajstić information content (AvgIpc) is 3.11. The third kappa shape index (κ3) is 6.22. The Morgan fingerprint density at radius 3 is 2.79 bits per heavy atom. The molecule has 0 atom stereocenters. The normalized spacial score (nSPS) is 14.9. The summed E-state index contributed by atoms with van der Waals surface area (Å²) in [6.07, 6.45) is 4.44. The van der Waals surface area contributed by atoms with Crippen LogP contribution in [0.3, 0.4) is 0 Å². The van der Waals surface area contributed by atoms with Gasteiger partial charge >= 0.3 is 0 Å². The second-order valence-corrected chi connectivity index (χ2v) is 4.66. The second-order valence-electron chi connectivity index (χ2n) is 4.66. The van der Waals surface area contributed by atoms with E-state index in [0.717, 1.165) is 37.8 Å². The van der Waals surface area contributed by atoms with E-state index < -0.39 is 0 Å². The first kappa shape index (κ1) is 16.2. The van der Waals surface area contributed by atoms with E-state index in [1.165, 1.54) is 12.8 Å². The van der Waals surface area contributed by atoms with Crippen LogP contribution in [0.5, 0.6) is 0 Å². The molecule has 0 amide bonds. The highest BCUT2D eigenvalue weighted by molar-refractivity contribution is 14.0. The Balaban J connectivity index is 0.00000180. The molecule has 0 spiro atoms. The number of hydrogen-bond donors (Lipinski definition) is 2. The van der Waals surface area contributed by atoms with E-state index in [-0.39, 0.29) is 24.0 Å². The second kappa shape index (κ2) is 8.34. The molecule has 0 radical (unpaired) electrons. The Labute approximate surface area is 130 Å². The molecule has 0 aliphatic heterocycles. The predicted molar refractivity (Wildman–Crippen MR) is 84.9 cm³/mol. The third-order valence-electron chi connectivity index (χ3n) is 2.91. The summed E-state index contributed by atoms with van der Waals surface area (Å²) >= 11 is 0. The first-order chi connectivity index (χ1) is 8.78. The SMILES string of the molecule is CN=C(NCCCc1nc(C)no1)NCC1CC1.I. The number of nitrogens with one attached hydrogen (secondary N) is 2. The van der Waals surface area contributed by atoms with Crippen molar-refractivity contribution in [2.75, 3.05) is 20.1 Å². The number of nitrogens with zero attached hydrogens (tertiary/aromatic N) is 3. The van der Waals surface area contributed by atoms with E-state index in [0.29, 0.717) is 11.7 Å². The van der Waals surface area contributed by atoms with Gasteiger partial charge in [-0.05, 0) is 32.1 Å². The fraction of sp³-hybridized carbons (Fsp3) is 0.750. The van der Waals surface area contributed by atoms with Gasteiger partial charge in [0.05, 0.1) is 0 Å². The fourth-order valence-corrected chi connectivity index (χ4v) is 1.67. The summed E-state index contributed by atoms with van der Waals surface area (Å²) in [6.45, 7) is 3.71. The van der Waals surface area contributed by atoms with Gasteiger partial charge in [-0.2, -0.15) is 4.98 Å². The van der Waals surface area contributed by atoms with Crippen molar-refractivity contribution in [3.05, 3.63) is 11.7 Å². The lowest BCUT2D eigenvalue weighted by Crippen LogP contribution is -2.38. The minimum atomic E-state index is 0. The number of rotatable bonds is 6. The molecule has 108 valence electrons. The van der Waals surface area contributed by atoms with Gasteiger partial charge in [-0.15, -0.1) is 24.0 Å². The number of halogens is 1. The quantitative estimate of drug-likeness (QED) is 0.339. The van der Waals surface area contributed by atoms with E-state index in [1.807, 2.05) is 6.92 Å². The number of guanidine groups is 1. The minimum Gasteiger partial charge on any atom is -0.356 e. The summed E-state index contributed by atoms with van der Waals surface area (Å²) in [5.74, 6) is 3.13. The largest absolute Gasteiger partial charge is 0.356 e. The molecule has 0 bridgehead atoms. The first-order valence-corrected chi connectivity index (χ1v) is 6.51. The summed E-state index contributed by atoms with van der Waals surface area (Å²) in [5, 5.41) is 10.4. The molecule has 1 aromatic heterocycles. The van der Waals surface area contributed by atoms with Crippen molar-refractivity contribution in [2.24, 2.45) is 10.9 Å². The highest BCUT2D eigenvalue weighted by Gasteiger charge is 2.20. The van der Waals surface area contributed by atoms with Crippen LogP contribution < -0.4 is 10.6 Å². The van der Waals surface area contributed by atoms with Gasteiger partial charge in [0.25, 0.3) is 0 Å². The zero-order valence-corrected chi connectivity index (χ0v) is 13.8. The monoisotopic (exact) mass is 379 g/mol. The van der Waals surface area contributed by atoms with Crippen molar-refractivity contribution in [2.45, 2.75) is 32.6 Å². The molecule has 1 aliphatic carbocycles. The number of aromatic nitrogens is 2. The molecule has 1 fully saturated rings. The highest BCUT2D eigenvalue weighted by atomic mass is 127. The Hall–Kier alpha value is -0.860. The predicted octanol–water partition coefficient (Wildman–Crippen LogP) is 1.50. The van der Waals surface area contributed by atoms with Crippen LogP contribution in [0.25, 0.3) is 0 Å². The maximum atomic E-state index is 5.05. The number of aliphatic imine (C=N–C) groups is 1. The van der Waals surface area contributed by atoms with Gasteiger partial charge in [-0.3, -0.25) is 4.99 Å². The molecular weight excluding hydrogens is 357 g/mol. The van der Waals surface area contributed by atoms with Crippen LogP contribution in [0.4, 0.5) is 0 Å². The molecule has 0 unspecified atom stereocenters. The molecule has 1 saturated carbocycles. The van der Waals surface area contributed by atoms with E-state index in [2.05, 4.69) is 25.8 Å². The summed E-state index contributed by atoms with van der Waals surface area (Å²) < 4.78 is 5.05. The van der Waals surface area contributed by atoms with E-state index in [1.54, 1.807) is 7.05 Å². The lowest BCUT2D eigenvalue weighted by molar-refractivity contribution is 0.372. The smallest absolute Gasteiger partial charge is 0.226 e. The molecule has 1 heterocycles. The molecule has 2 N–H and O–H groups in total. The first-order valence-electron chi connectivity index (χ1n) is 6.51. The molecular formula is C12H22IN5O. The summed E-state index contributed by atoms with van der Waals surface area (Å²) in [6, 6.07) is 0. The van der Waals surface area contributed by atoms with Crippen molar-refractivity contribution >= 4 is 29.9 Å². The van der Waals surface area contributed by atoms with Crippen molar-refractivity contribution in [1.29, 1.82) is 0 Å². The molecule has 1 aromatic rings. The topological polar surface area (TPSA) is 75.3 Å². The Morgan fingerprint density at radius 1 is 1.42 bits per heavy atom. The van der Waals surface area contributed by atoms with Crippen LogP contribution in [-0.4, -0.2) is 36.2 Å². The van der Waals surface area contributed by atoms with Gasteiger partial charge in [0.1, 0.15) is 0 Å². The van der Waals surface area contributed by atoms with Crippen LogP contribution in [0.15, 0.2) is 9.52 Å². The minimum absolute atomic E-state index is 0. The van der Waals surface area contributed by atoms with Crippen LogP contribution in [0.2, 0.25) is 0 Å². The Morgan fingerprint density at radius 2 is 2.21 bits per heavy atom. The van der Waals surface area contributed by atoms with Crippen LogP contribution >= 0.6 is 24.0 Å². The van der Waals surface area contributed by atoms with Gasteiger partial charge in [0.15, 0.2) is 11.8 Å². The van der Waals surface area contributed by atoms with Gasteiger partial charge in [-0.1, -0.05) is 5.16 Å². The number of aryl methyl sites for hydroxylation is 2. The Bertz CT molecular complexity index is 403. The molecule has 1 aliphatic rings. The van der Waals surface area contributed by atoms with Crippen LogP contribution in [0, 0.1) is 12.8 Å². The summed E-state index contributed by atoms with van der Waals surface area (Å²) in [5.41, 5.74) is 0. The van der Waals surface area contributed by atoms with Crippen molar-refractivity contribution in [3.8, 4) is 0 Å². The maximum Gasteiger partial charge on any atom is 0.226 e. The van der Waals surface area contributed by atoms with E-state index >= 15 is 0 Å². The standard InChI is InChI=1S/C12H21N5O.HI/c1-9-16-11(18-17-9)4-3-7-14-12(13-2)15-8-10-5-6-10;/h10H,3-8H2,1-2H3,(H2,13,14,15);1H. The average molecular weight is 379 g/mol. The lowest BCUT2D eigenvalue weighted by atomic mass is 10.3. The zero-order valence-electron chi connectivity index (χ0n) is 11.5. The van der Waals surface area contributed by atoms with Gasteiger partial charge in [-0.25, -0.2) is 0 Å². The van der Waals surface area contributed by atoms with Crippen molar-refractivity contribution in [1.82, 2.24) is 20.8 Å². The van der Waals surface area contributed by atoms with E-state index in [9.17, 15) is 0 Å². The van der Waals surface area contributed by atoms with Gasteiger partial charge < -0.3 is 15.2 Å². The van der Waals surface area contributed by atoms with Crippen molar-refractivity contribution in [3.63, 3.8) is 0 Å². The summed E-state index contributed by atoms with van der Waals surface area (Å²) in [4.78, 5) is 8.34. The van der Waals surface area contributed by atoms with E-state index in [4.69, 9.17) is 4.52 Å². The highest BCUT2D eigenvalue weighted by Crippen LogP contribution is 2.27. The maximum absolute atomic E-state index is 5.05. The Kier molecular flexibility index (Phi) is 7.11.